The van der Waals surface area contributed by atoms with Gasteiger partial charge in [0.1, 0.15) is 5.69 Å². The van der Waals surface area contributed by atoms with Crippen molar-refractivity contribution >= 4 is 34.8 Å². The van der Waals surface area contributed by atoms with Crippen LogP contribution in [0.1, 0.15) is 23.3 Å². The Labute approximate surface area is 153 Å². The number of nitro benzene ring substituents is 1. The topological polar surface area (TPSA) is 107 Å². The van der Waals surface area contributed by atoms with Crippen molar-refractivity contribution in [1.29, 1.82) is 0 Å². The number of aromatic nitrogens is 2. The zero-order valence-corrected chi connectivity index (χ0v) is 14.6. The van der Waals surface area contributed by atoms with Crippen LogP contribution in [0.25, 0.3) is 5.69 Å². The van der Waals surface area contributed by atoms with Gasteiger partial charge in [-0.2, -0.15) is 5.10 Å². The Balaban J connectivity index is 1.92. The molecule has 2 heterocycles. The largest absolute Gasteiger partial charge is 0.333 e. The van der Waals surface area contributed by atoms with E-state index in [1.165, 1.54) is 16.8 Å². The van der Waals surface area contributed by atoms with Crippen LogP contribution in [0.15, 0.2) is 24.4 Å². The molecule has 1 aliphatic rings. The van der Waals surface area contributed by atoms with E-state index in [0.29, 0.717) is 13.1 Å². The van der Waals surface area contributed by atoms with Gasteiger partial charge in [-0.1, -0.05) is 23.2 Å². The average Bonchev–Trinajstić information content (AvgIpc) is 3.22. The van der Waals surface area contributed by atoms with Crippen LogP contribution in [0.4, 0.5) is 5.69 Å². The van der Waals surface area contributed by atoms with Crippen molar-refractivity contribution < 1.29 is 9.72 Å². The molecule has 1 saturated heterocycles. The van der Waals surface area contributed by atoms with Crippen molar-refractivity contribution in [2.45, 2.75) is 18.9 Å². The van der Waals surface area contributed by atoms with Gasteiger partial charge in [0.05, 0.1) is 15.0 Å². The van der Waals surface area contributed by atoms with Gasteiger partial charge in [-0.05, 0) is 18.9 Å². The standard InChI is InChI=1S/C15H15Cl2N5O3/c16-11-6-10(22(24)25)7-12(17)14(11)21-5-3-13(19-21)15(23)20-4-1-2-9(20)8-18/h3,5-7,9H,1-2,4,8,18H2. The molecule has 1 aromatic heterocycles. The van der Waals surface area contributed by atoms with Gasteiger partial charge < -0.3 is 10.6 Å². The predicted octanol–water partition coefficient (Wildman–Crippen LogP) is 2.65. The number of benzene rings is 1. The minimum atomic E-state index is -0.583. The molecule has 132 valence electrons. The molecular formula is C15H15Cl2N5O3. The molecule has 2 N–H and O–H groups in total. The minimum absolute atomic E-state index is 0.0178. The lowest BCUT2D eigenvalue weighted by Gasteiger charge is -2.22. The van der Waals surface area contributed by atoms with Gasteiger partial charge in [-0.15, -0.1) is 0 Å². The summed E-state index contributed by atoms with van der Waals surface area (Å²) in [6, 6.07) is 3.96. The Morgan fingerprint density at radius 2 is 2.08 bits per heavy atom. The number of non-ortho nitro benzene ring substituents is 1. The summed E-state index contributed by atoms with van der Waals surface area (Å²) in [6.45, 7) is 1.05. The van der Waals surface area contributed by atoms with Crippen LogP contribution >= 0.6 is 23.2 Å². The predicted molar refractivity (Wildman–Crippen MR) is 93.4 cm³/mol. The molecule has 1 aromatic carbocycles. The summed E-state index contributed by atoms with van der Waals surface area (Å²) < 4.78 is 1.34. The second kappa shape index (κ2) is 6.99. The second-order valence-corrected chi connectivity index (χ2v) is 6.51. The lowest BCUT2D eigenvalue weighted by molar-refractivity contribution is -0.384. The molecule has 3 rings (SSSR count). The maximum absolute atomic E-state index is 12.6. The Morgan fingerprint density at radius 3 is 2.68 bits per heavy atom. The van der Waals surface area contributed by atoms with Crippen LogP contribution in [-0.2, 0) is 0 Å². The fourth-order valence-electron chi connectivity index (χ4n) is 2.93. The van der Waals surface area contributed by atoms with Crippen LogP contribution in [0.5, 0.6) is 0 Å². The SMILES string of the molecule is NCC1CCCN1C(=O)c1ccn(-c2c(Cl)cc([N+](=O)[O-])cc2Cl)n1. The Hall–Kier alpha value is -2.16. The van der Waals surface area contributed by atoms with Crippen molar-refractivity contribution in [2.24, 2.45) is 5.73 Å². The van der Waals surface area contributed by atoms with Crippen molar-refractivity contribution in [3.63, 3.8) is 0 Å². The number of hydrogen-bond donors (Lipinski definition) is 1. The molecule has 0 saturated carbocycles. The van der Waals surface area contributed by atoms with E-state index < -0.39 is 4.92 Å². The molecule has 0 aliphatic carbocycles. The summed E-state index contributed by atoms with van der Waals surface area (Å²) in [7, 11) is 0. The van der Waals surface area contributed by atoms with E-state index in [0.717, 1.165) is 12.8 Å². The third kappa shape index (κ3) is 3.33. The molecule has 2 aromatic rings. The summed E-state index contributed by atoms with van der Waals surface area (Å²) in [6.07, 6.45) is 3.33. The number of amides is 1. The summed E-state index contributed by atoms with van der Waals surface area (Å²) in [5.74, 6) is -0.208. The molecular weight excluding hydrogens is 369 g/mol. The van der Waals surface area contributed by atoms with Gasteiger partial charge >= 0.3 is 0 Å². The fraction of sp³-hybridized carbons (Fsp3) is 0.333. The van der Waals surface area contributed by atoms with Gasteiger partial charge in [0.15, 0.2) is 5.69 Å². The zero-order valence-electron chi connectivity index (χ0n) is 13.1. The molecule has 0 radical (unpaired) electrons. The molecule has 8 nitrogen and oxygen atoms in total. The first-order valence-corrected chi connectivity index (χ1v) is 8.38. The van der Waals surface area contributed by atoms with Crippen LogP contribution in [0.2, 0.25) is 10.0 Å². The summed E-state index contributed by atoms with van der Waals surface area (Å²) >= 11 is 12.2. The normalized spacial score (nSPS) is 17.1. The molecule has 10 heteroatoms. The minimum Gasteiger partial charge on any atom is -0.333 e. The first kappa shape index (κ1) is 17.7. The number of hydrogen-bond acceptors (Lipinski definition) is 5. The van der Waals surface area contributed by atoms with Crippen LogP contribution in [-0.4, -0.2) is 44.6 Å². The second-order valence-electron chi connectivity index (χ2n) is 5.69. The highest BCUT2D eigenvalue weighted by atomic mass is 35.5. The summed E-state index contributed by atoms with van der Waals surface area (Å²) in [5, 5.41) is 15.2. The van der Waals surface area contributed by atoms with Crippen molar-refractivity contribution in [3.8, 4) is 5.69 Å². The third-order valence-corrected chi connectivity index (χ3v) is 4.74. The Bertz CT molecular complexity index is 815. The van der Waals surface area contributed by atoms with Crippen LogP contribution in [0, 0.1) is 10.1 Å². The number of halogens is 2. The lowest BCUT2D eigenvalue weighted by atomic mass is 10.2. The van der Waals surface area contributed by atoms with E-state index >= 15 is 0 Å². The van der Waals surface area contributed by atoms with Gasteiger partial charge in [-0.3, -0.25) is 14.9 Å². The van der Waals surface area contributed by atoms with Crippen molar-refractivity contribution in [2.75, 3.05) is 13.1 Å². The number of rotatable bonds is 4. The van der Waals surface area contributed by atoms with E-state index in [2.05, 4.69) is 5.10 Å². The maximum atomic E-state index is 12.6. The molecule has 1 unspecified atom stereocenters. The first-order chi connectivity index (χ1) is 11.9. The lowest BCUT2D eigenvalue weighted by Crippen LogP contribution is -2.40. The molecule has 1 atom stereocenters. The molecule has 1 aliphatic heterocycles. The van der Waals surface area contributed by atoms with Gasteiger partial charge in [0, 0.05) is 37.5 Å². The number of nitrogens with zero attached hydrogens (tertiary/aromatic N) is 4. The number of likely N-dealkylation sites (tertiary alicyclic amines) is 1. The molecule has 25 heavy (non-hydrogen) atoms. The molecule has 0 spiro atoms. The van der Waals surface area contributed by atoms with E-state index in [4.69, 9.17) is 28.9 Å². The quantitative estimate of drug-likeness (QED) is 0.644. The molecule has 0 bridgehead atoms. The highest BCUT2D eigenvalue weighted by molar-refractivity contribution is 6.38. The van der Waals surface area contributed by atoms with Gasteiger partial charge in [0.25, 0.3) is 11.6 Å². The third-order valence-electron chi connectivity index (χ3n) is 4.16. The van der Waals surface area contributed by atoms with Crippen molar-refractivity contribution in [1.82, 2.24) is 14.7 Å². The van der Waals surface area contributed by atoms with E-state index in [-0.39, 0.29) is 39.1 Å². The fourth-order valence-corrected chi connectivity index (χ4v) is 3.58. The monoisotopic (exact) mass is 383 g/mol. The Kier molecular flexibility index (Phi) is 4.94. The number of carbonyl (C=O) groups excluding carboxylic acids is 1. The van der Waals surface area contributed by atoms with Crippen molar-refractivity contribution in [3.05, 3.63) is 50.2 Å². The average molecular weight is 384 g/mol. The van der Waals surface area contributed by atoms with E-state index in [1.807, 2.05) is 0 Å². The van der Waals surface area contributed by atoms with Crippen LogP contribution in [0.3, 0.4) is 0 Å². The van der Waals surface area contributed by atoms with Crippen LogP contribution < -0.4 is 5.73 Å². The maximum Gasteiger partial charge on any atom is 0.274 e. The van der Waals surface area contributed by atoms with E-state index in [9.17, 15) is 14.9 Å². The zero-order chi connectivity index (χ0) is 18.1. The number of nitro groups is 1. The number of nitrogens with two attached hydrogens (primary N) is 1. The Morgan fingerprint density at radius 1 is 1.40 bits per heavy atom. The highest BCUT2D eigenvalue weighted by Gasteiger charge is 2.29. The summed E-state index contributed by atoms with van der Waals surface area (Å²) in [5.41, 5.74) is 6.01. The summed E-state index contributed by atoms with van der Waals surface area (Å²) in [4.78, 5) is 24.6. The van der Waals surface area contributed by atoms with E-state index in [1.54, 1.807) is 17.2 Å². The number of carbonyl (C=O) groups is 1. The van der Waals surface area contributed by atoms with Gasteiger partial charge in [-0.25, -0.2) is 4.68 Å². The molecule has 1 fully saturated rings. The first-order valence-electron chi connectivity index (χ1n) is 7.63. The highest BCUT2D eigenvalue weighted by Crippen LogP contribution is 2.33. The molecule has 1 amide bonds. The van der Waals surface area contributed by atoms with Gasteiger partial charge in [0.2, 0.25) is 0 Å². The smallest absolute Gasteiger partial charge is 0.274 e.